The standard InChI is InChI=1S/C12H25N3/c1-10(14(2)12-5-6-12)8-15-7-3-4-11(13)9-15/h10-12H,3-9,13H2,1-2H3. The molecular weight excluding hydrogens is 186 g/mol. The van der Waals surface area contributed by atoms with Gasteiger partial charge >= 0.3 is 0 Å². The van der Waals surface area contributed by atoms with Crippen molar-refractivity contribution in [3.8, 4) is 0 Å². The summed E-state index contributed by atoms with van der Waals surface area (Å²) in [7, 11) is 2.27. The Morgan fingerprint density at radius 2 is 2.13 bits per heavy atom. The number of piperidine rings is 1. The van der Waals surface area contributed by atoms with Crippen molar-refractivity contribution in [2.75, 3.05) is 26.7 Å². The molecule has 0 spiro atoms. The molecule has 3 nitrogen and oxygen atoms in total. The molecule has 0 bridgehead atoms. The minimum atomic E-state index is 0.414. The van der Waals surface area contributed by atoms with Crippen molar-refractivity contribution < 1.29 is 0 Å². The van der Waals surface area contributed by atoms with Gasteiger partial charge in [0.25, 0.3) is 0 Å². The first-order valence-corrected chi connectivity index (χ1v) is 6.36. The van der Waals surface area contributed by atoms with Crippen LogP contribution in [0.4, 0.5) is 0 Å². The van der Waals surface area contributed by atoms with E-state index < -0.39 is 0 Å². The predicted octanol–water partition coefficient (Wildman–Crippen LogP) is 0.892. The molecule has 0 aromatic heterocycles. The lowest BCUT2D eigenvalue weighted by Gasteiger charge is -2.35. The molecule has 2 fully saturated rings. The van der Waals surface area contributed by atoms with Gasteiger partial charge in [-0.05, 0) is 46.2 Å². The molecule has 2 unspecified atom stereocenters. The summed E-state index contributed by atoms with van der Waals surface area (Å²) in [4.78, 5) is 5.08. The Bertz CT molecular complexity index is 203. The molecule has 1 saturated carbocycles. The van der Waals surface area contributed by atoms with Crippen LogP contribution in [0.3, 0.4) is 0 Å². The third-order valence-electron chi connectivity index (χ3n) is 3.88. The van der Waals surface area contributed by atoms with Crippen molar-refractivity contribution in [2.45, 2.75) is 50.7 Å². The van der Waals surface area contributed by atoms with Crippen LogP contribution in [-0.4, -0.2) is 54.6 Å². The average molecular weight is 211 g/mol. The van der Waals surface area contributed by atoms with Crippen LogP contribution < -0.4 is 5.73 Å². The monoisotopic (exact) mass is 211 g/mol. The van der Waals surface area contributed by atoms with Gasteiger partial charge in [0, 0.05) is 31.2 Å². The van der Waals surface area contributed by atoms with Gasteiger partial charge in [-0.3, -0.25) is 4.90 Å². The van der Waals surface area contributed by atoms with Crippen LogP contribution in [0.15, 0.2) is 0 Å². The predicted molar refractivity (Wildman–Crippen MR) is 63.9 cm³/mol. The van der Waals surface area contributed by atoms with Gasteiger partial charge in [0.05, 0.1) is 0 Å². The maximum absolute atomic E-state index is 5.99. The van der Waals surface area contributed by atoms with Crippen molar-refractivity contribution in [1.82, 2.24) is 9.80 Å². The van der Waals surface area contributed by atoms with Gasteiger partial charge in [-0.2, -0.15) is 0 Å². The highest BCUT2D eigenvalue weighted by Gasteiger charge is 2.30. The molecule has 0 aromatic carbocycles. The summed E-state index contributed by atoms with van der Waals surface area (Å²) in [6, 6.07) is 1.97. The first-order valence-electron chi connectivity index (χ1n) is 6.36. The molecule has 1 aliphatic heterocycles. The molecule has 1 aliphatic carbocycles. The SMILES string of the molecule is CC(CN1CCCC(N)C1)N(C)C1CC1. The van der Waals surface area contributed by atoms with E-state index in [0.717, 1.165) is 12.6 Å². The van der Waals surface area contributed by atoms with Gasteiger partial charge in [0.15, 0.2) is 0 Å². The first-order chi connectivity index (χ1) is 7.16. The lowest BCUT2D eigenvalue weighted by molar-refractivity contribution is 0.140. The van der Waals surface area contributed by atoms with E-state index in [2.05, 4.69) is 23.8 Å². The summed E-state index contributed by atoms with van der Waals surface area (Å²) in [6.07, 6.45) is 5.30. The van der Waals surface area contributed by atoms with E-state index in [4.69, 9.17) is 5.73 Å². The number of nitrogens with two attached hydrogens (primary N) is 1. The van der Waals surface area contributed by atoms with E-state index in [1.807, 2.05) is 0 Å². The largest absolute Gasteiger partial charge is 0.327 e. The Balaban J connectivity index is 1.74. The van der Waals surface area contributed by atoms with Crippen LogP contribution in [0, 0.1) is 0 Å². The molecule has 0 radical (unpaired) electrons. The molecule has 88 valence electrons. The number of likely N-dealkylation sites (tertiary alicyclic amines) is 1. The highest BCUT2D eigenvalue weighted by molar-refractivity contribution is 4.87. The molecule has 3 heteroatoms. The lowest BCUT2D eigenvalue weighted by atomic mass is 10.1. The number of nitrogens with zero attached hydrogens (tertiary/aromatic N) is 2. The van der Waals surface area contributed by atoms with Gasteiger partial charge in [0.2, 0.25) is 0 Å². The maximum atomic E-state index is 5.99. The third kappa shape index (κ3) is 3.16. The summed E-state index contributed by atoms with van der Waals surface area (Å²) in [6.45, 7) is 5.89. The second-order valence-corrected chi connectivity index (χ2v) is 5.41. The van der Waals surface area contributed by atoms with Crippen molar-refractivity contribution >= 4 is 0 Å². The van der Waals surface area contributed by atoms with E-state index in [0.29, 0.717) is 12.1 Å². The van der Waals surface area contributed by atoms with E-state index in [-0.39, 0.29) is 0 Å². The molecule has 2 rings (SSSR count). The number of likely N-dealkylation sites (N-methyl/N-ethyl adjacent to an activating group) is 1. The second-order valence-electron chi connectivity index (χ2n) is 5.41. The Morgan fingerprint density at radius 3 is 2.73 bits per heavy atom. The zero-order valence-electron chi connectivity index (χ0n) is 10.2. The van der Waals surface area contributed by atoms with Crippen LogP contribution in [0.5, 0.6) is 0 Å². The van der Waals surface area contributed by atoms with Gasteiger partial charge < -0.3 is 10.6 Å². The van der Waals surface area contributed by atoms with E-state index in [1.165, 1.54) is 38.8 Å². The van der Waals surface area contributed by atoms with E-state index in [1.54, 1.807) is 0 Å². The van der Waals surface area contributed by atoms with Crippen LogP contribution in [0.2, 0.25) is 0 Å². The van der Waals surface area contributed by atoms with Crippen LogP contribution in [0.25, 0.3) is 0 Å². The average Bonchev–Trinajstić information content (AvgIpc) is 2.99. The van der Waals surface area contributed by atoms with Gasteiger partial charge in [0.1, 0.15) is 0 Å². The minimum Gasteiger partial charge on any atom is -0.327 e. The summed E-state index contributed by atoms with van der Waals surface area (Å²) in [5.74, 6) is 0. The van der Waals surface area contributed by atoms with Crippen molar-refractivity contribution in [1.29, 1.82) is 0 Å². The van der Waals surface area contributed by atoms with Crippen molar-refractivity contribution in [3.63, 3.8) is 0 Å². The summed E-state index contributed by atoms with van der Waals surface area (Å²) in [5, 5.41) is 0. The Kier molecular flexibility index (Phi) is 3.65. The van der Waals surface area contributed by atoms with Gasteiger partial charge in [-0.15, -0.1) is 0 Å². The van der Waals surface area contributed by atoms with Crippen LogP contribution >= 0.6 is 0 Å². The number of hydrogen-bond acceptors (Lipinski definition) is 3. The van der Waals surface area contributed by atoms with Gasteiger partial charge in [-0.25, -0.2) is 0 Å². The first kappa shape index (κ1) is 11.4. The maximum Gasteiger partial charge on any atom is 0.0194 e. The molecule has 2 atom stereocenters. The second kappa shape index (κ2) is 4.81. The molecule has 2 N–H and O–H groups in total. The Hall–Kier alpha value is -0.120. The third-order valence-corrected chi connectivity index (χ3v) is 3.88. The molecule has 0 amide bonds. The number of hydrogen-bond donors (Lipinski definition) is 1. The zero-order chi connectivity index (χ0) is 10.8. The molecular formula is C12H25N3. The fraction of sp³-hybridized carbons (Fsp3) is 1.00. The quantitative estimate of drug-likeness (QED) is 0.749. The molecule has 1 heterocycles. The zero-order valence-corrected chi connectivity index (χ0v) is 10.2. The van der Waals surface area contributed by atoms with E-state index in [9.17, 15) is 0 Å². The van der Waals surface area contributed by atoms with Crippen LogP contribution in [0.1, 0.15) is 32.6 Å². The molecule has 1 saturated heterocycles. The minimum absolute atomic E-state index is 0.414. The molecule has 0 aromatic rings. The fourth-order valence-electron chi connectivity index (χ4n) is 2.60. The summed E-state index contributed by atoms with van der Waals surface area (Å²) < 4.78 is 0. The molecule has 15 heavy (non-hydrogen) atoms. The molecule has 2 aliphatic rings. The van der Waals surface area contributed by atoms with Crippen molar-refractivity contribution in [2.24, 2.45) is 5.73 Å². The topological polar surface area (TPSA) is 32.5 Å². The summed E-state index contributed by atoms with van der Waals surface area (Å²) in [5.41, 5.74) is 5.99. The highest BCUT2D eigenvalue weighted by Crippen LogP contribution is 2.27. The van der Waals surface area contributed by atoms with E-state index >= 15 is 0 Å². The Morgan fingerprint density at radius 1 is 1.40 bits per heavy atom. The smallest absolute Gasteiger partial charge is 0.0194 e. The van der Waals surface area contributed by atoms with Crippen molar-refractivity contribution in [3.05, 3.63) is 0 Å². The normalized spacial score (nSPS) is 30.8. The van der Waals surface area contributed by atoms with Gasteiger partial charge in [-0.1, -0.05) is 0 Å². The van der Waals surface area contributed by atoms with Crippen LogP contribution in [-0.2, 0) is 0 Å². The number of rotatable bonds is 4. The highest BCUT2D eigenvalue weighted by atomic mass is 15.2. The Labute approximate surface area is 93.6 Å². The fourth-order valence-corrected chi connectivity index (χ4v) is 2.60. The lowest BCUT2D eigenvalue weighted by Crippen LogP contribution is -2.48. The summed E-state index contributed by atoms with van der Waals surface area (Å²) >= 11 is 0.